The molecule has 3 nitrogen and oxygen atoms in total. The van der Waals surface area contributed by atoms with E-state index in [2.05, 4.69) is 23.2 Å². The van der Waals surface area contributed by atoms with Crippen LogP contribution in [0.4, 0.5) is 0 Å². The maximum absolute atomic E-state index is 5.88. The van der Waals surface area contributed by atoms with Gasteiger partial charge in [-0.1, -0.05) is 30.3 Å². The standard InChI is InChI=1S/C15H14N2OS/c16-7-14-13-4-2-1-3-11(13)5-6-15(14)18-9-12-8-17-10-19-12/h1-6,8,10H,7,9,16H2. The molecule has 1 aromatic heterocycles. The Morgan fingerprint density at radius 2 is 2.05 bits per heavy atom. The fourth-order valence-corrected chi connectivity index (χ4v) is 2.63. The second-order valence-electron chi connectivity index (χ2n) is 4.22. The van der Waals surface area contributed by atoms with Gasteiger partial charge in [-0.05, 0) is 16.8 Å². The van der Waals surface area contributed by atoms with Gasteiger partial charge in [0.15, 0.2) is 0 Å². The van der Waals surface area contributed by atoms with Gasteiger partial charge < -0.3 is 10.5 Å². The number of benzene rings is 2. The molecule has 0 fully saturated rings. The van der Waals surface area contributed by atoms with Crippen molar-refractivity contribution in [2.24, 2.45) is 5.73 Å². The maximum Gasteiger partial charge on any atom is 0.124 e. The third-order valence-corrected chi connectivity index (χ3v) is 3.81. The van der Waals surface area contributed by atoms with E-state index in [-0.39, 0.29) is 0 Å². The summed E-state index contributed by atoms with van der Waals surface area (Å²) in [6, 6.07) is 12.3. The predicted molar refractivity (Wildman–Crippen MR) is 78.3 cm³/mol. The normalized spacial score (nSPS) is 10.8. The summed E-state index contributed by atoms with van der Waals surface area (Å²) >= 11 is 1.59. The molecule has 0 amide bonds. The second kappa shape index (κ2) is 5.38. The van der Waals surface area contributed by atoms with Crippen LogP contribution in [0.15, 0.2) is 48.1 Å². The molecule has 0 atom stereocenters. The van der Waals surface area contributed by atoms with Crippen LogP contribution in [0.3, 0.4) is 0 Å². The monoisotopic (exact) mass is 270 g/mol. The zero-order valence-electron chi connectivity index (χ0n) is 10.4. The Balaban J connectivity index is 1.94. The van der Waals surface area contributed by atoms with Crippen LogP contribution in [0.2, 0.25) is 0 Å². The number of thiazole rings is 1. The van der Waals surface area contributed by atoms with Crippen molar-refractivity contribution >= 4 is 22.1 Å². The Morgan fingerprint density at radius 3 is 2.84 bits per heavy atom. The van der Waals surface area contributed by atoms with Gasteiger partial charge >= 0.3 is 0 Å². The van der Waals surface area contributed by atoms with Gasteiger partial charge in [-0.25, -0.2) is 0 Å². The molecule has 0 bridgehead atoms. The van der Waals surface area contributed by atoms with Gasteiger partial charge in [0.05, 0.1) is 10.4 Å². The molecule has 2 aromatic carbocycles. The topological polar surface area (TPSA) is 48.1 Å². The lowest BCUT2D eigenvalue weighted by Crippen LogP contribution is -2.03. The lowest BCUT2D eigenvalue weighted by molar-refractivity contribution is 0.307. The molecule has 0 aliphatic heterocycles. The molecule has 19 heavy (non-hydrogen) atoms. The molecule has 4 heteroatoms. The Bertz CT molecular complexity index is 680. The average Bonchev–Trinajstić information content (AvgIpc) is 2.97. The van der Waals surface area contributed by atoms with E-state index in [1.165, 1.54) is 5.39 Å². The summed E-state index contributed by atoms with van der Waals surface area (Å²) in [4.78, 5) is 5.15. The fourth-order valence-electron chi connectivity index (χ4n) is 2.12. The highest BCUT2D eigenvalue weighted by molar-refractivity contribution is 7.09. The number of rotatable bonds is 4. The highest BCUT2D eigenvalue weighted by atomic mass is 32.1. The predicted octanol–water partition coefficient (Wildman–Crippen LogP) is 3.33. The van der Waals surface area contributed by atoms with Crippen molar-refractivity contribution in [3.8, 4) is 5.75 Å². The summed E-state index contributed by atoms with van der Waals surface area (Å²) in [5.41, 5.74) is 8.74. The van der Waals surface area contributed by atoms with E-state index in [9.17, 15) is 0 Å². The number of nitrogens with two attached hydrogens (primary N) is 1. The van der Waals surface area contributed by atoms with E-state index in [0.717, 1.165) is 21.6 Å². The molecule has 0 unspecified atom stereocenters. The third-order valence-electron chi connectivity index (χ3n) is 3.06. The second-order valence-corrected chi connectivity index (χ2v) is 5.19. The zero-order valence-corrected chi connectivity index (χ0v) is 11.2. The van der Waals surface area contributed by atoms with E-state index in [1.54, 1.807) is 11.3 Å². The Kier molecular flexibility index (Phi) is 3.44. The number of hydrogen-bond acceptors (Lipinski definition) is 4. The third kappa shape index (κ3) is 2.45. The van der Waals surface area contributed by atoms with E-state index < -0.39 is 0 Å². The van der Waals surface area contributed by atoms with Crippen molar-refractivity contribution in [3.63, 3.8) is 0 Å². The summed E-state index contributed by atoms with van der Waals surface area (Å²) in [6.45, 7) is 1.01. The molecule has 0 saturated heterocycles. The number of hydrogen-bond donors (Lipinski definition) is 1. The minimum absolute atomic E-state index is 0.472. The highest BCUT2D eigenvalue weighted by Gasteiger charge is 2.07. The average molecular weight is 270 g/mol. The smallest absolute Gasteiger partial charge is 0.124 e. The summed E-state index contributed by atoms with van der Waals surface area (Å²) in [7, 11) is 0. The summed E-state index contributed by atoms with van der Waals surface area (Å²) in [5.74, 6) is 0.856. The van der Waals surface area contributed by atoms with E-state index >= 15 is 0 Å². The molecular formula is C15H14N2OS. The molecule has 0 saturated carbocycles. The maximum atomic E-state index is 5.88. The first-order chi connectivity index (χ1) is 9.38. The van der Waals surface area contributed by atoms with Crippen LogP contribution in [-0.4, -0.2) is 4.98 Å². The Morgan fingerprint density at radius 1 is 1.16 bits per heavy atom. The zero-order chi connectivity index (χ0) is 13.1. The summed E-state index contributed by atoms with van der Waals surface area (Å²) in [5, 5.41) is 2.35. The van der Waals surface area contributed by atoms with E-state index in [0.29, 0.717) is 13.2 Å². The van der Waals surface area contributed by atoms with Gasteiger partial charge in [-0.15, -0.1) is 11.3 Å². The number of nitrogens with zero attached hydrogens (tertiary/aromatic N) is 1. The highest BCUT2D eigenvalue weighted by Crippen LogP contribution is 2.28. The minimum Gasteiger partial charge on any atom is -0.488 e. The molecule has 0 radical (unpaired) electrons. The SMILES string of the molecule is NCc1c(OCc2cncs2)ccc2ccccc12. The molecule has 0 aliphatic rings. The summed E-state index contributed by atoms with van der Waals surface area (Å²) < 4.78 is 5.87. The molecule has 2 N–H and O–H groups in total. The molecule has 3 rings (SSSR count). The fraction of sp³-hybridized carbons (Fsp3) is 0.133. The molecular weight excluding hydrogens is 256 g/mol. The Labute approximate surface area is 115 Å². The summed E-state index contributed by atoms with van der Waals surface area (Å²) in [6.07, 6.45) is 1.83. The van der Waals surface area contributed by atoms with Crippen molar-refractivity contribution < 1.29 is 4.74 Å². The van der Waals surface area contributed by atoms with Crippen LogP contribution in [-0.2, 0) is 13.2 Å². The van der Waals surface area contributed by atoms with E-state index in [1.807, 2.05) is 29.9 Å². The van der Waals surface area contributed by atoms with Crippen molar-refractivity contribution in [2.75, 3.05) is 0 Å². The van der Waals surface area contributed by atoms with Crippen molar-refractivity contribution in [1.82, 2.24) is 4.98 Å². The number of ether oxygens (including phenoxy) is 1. The first-order valence-corrected chi connectivity index (χ1v) is 6.97. The van der Waals surface area contributed by atoms with Gasteiger partial charge in [-0.2, -0.15) is 0 Å². The van der Waals surface area contributed by atoms with Gasteiger partial charge in [0.2, 0.25) is 0 Å². The van der Waals surface area contributed by atoms with Gasteiger partial charge in [-0.3, -0.25) is 4.98 Å². The van der Waals surface area contributed by atoms with Gasteiger partial charge in [0.25, 0.3) is 0 Å². The quantitative estimate of drug-likeness (QED) is 0.791. The number of aromatic nitrogens is 1. The van der Waals surface area contributed by atoms with Crippen LogP contribution in [0.1, 0.15) is 10.4 Å². The molecule has 0 spiro atoms. The number of fused-ring (bicyclic) bond motifs is 1. The first-order valence-electron chi connectivity index (χ1n) is 6.09. The van der Waals surface area contributed by atoms with Crippen LogP contribution in [0, 0.1) is 0 Å². The van der Waals surface area contributed by atoms with Crippen LogP contribution < -0.4 is 10.5 Å². The van der Waals surface area contributed by atoms with Crippen molar-refractivity contribution in [3.05, 3.63) is 58.5 Å². The molecule has 0 aliphatic carbocycles. The van der Waals surface area contributed by atoms with Crippen LogP contribution in [0.25, 0.3) is 10.8 Å². The minimum atomic E-state index is 0.472. The molecule has 3 aromatic rings. The van der Waals surface area contributed by atoms with Crippen molar-refractivity contribution in [1.29, 1.82) is 0 Å². The van der Waals surface area contributed by atoms with E-state index in [4.69, 9.17) is 10.5 Å². The van der Waals surface area contributed by atoms with Crippen LogP contribution >= 0.6 is 11.3 Å². The van der Waals surface area contributed by atoms with Crippen molar-refractivity contribution in [2.45, 2.75) is 13.2 Å². The molecule has 96 valence electrons. The van der Waals surface area contributed by atoms with Gasteiger partial charge in [0.1, 0.15) is 12.4 Å². The Hall–Kier alpha value is -1.91. The van der Waals surface area contributed by atoms with Gasteiger partial charge in [0, 0.05) is 18.3 Å². The molecule has 1 heterocycles. The van der Waals surface area contributed by atoms with Crippen LogP contribution in [0.5, 0.6) is 5.75 Å². The lowest BCUT2D eigenvalue weighted by Gasteiger charge is -2.12. The first kappa shape index (κ1) is 12.1. The lowest BCUT2D eigenvalue weighted by atomic mass is 10.0. The largest absolute Gasteiger partial charge is 0.488 e.